The van der Waals surface area contributed by atoms with Gasteiger partial charge in [0.2, 0.25) is 0 Å². The summed E-state index contributed by atoms with van der Waals surface area (Å²) in [5.74, 6) is 0.636. The summed E-state index contributed by atoms with van der Waals surface area (Å²) < 4.78 is 12.7. The Kier molecular flexibility index (Phi) is 5.64. The standard InChI is InChI=1S/C22H19ClN2O4/c23-17-6-8-19-20(12-17)25(9-10-26)21(24-19)13-29-22(27)14-28-18-7-5-15-3-1-2-4-16(15)11-18/h1-8,11-12,26H,9-10,13-14H2. The van der Waals surface area contributed by atoms with E-state index in [0.29, 0.717) is 23.1 Å². The molecule has 6 nitrogen and oxygen atoms in total. The van der Waals surface area contributed by atoms with Crippen molar-refractivity contribution in [1.82, 2.24) is 9.55 Å². The van der Waals surface area contributed by atoms with Gasteiger partial charge in [0.1, 0.15) is 18.2 Å². The molecule has 148 valence electrons. The van der Waals surface area contributed by atoms with E-state index in [0.717, 1.165) is 21.8 Å². The third-order valence-corrected chi connectivity index (χ3v) is 4.79. The molecule has 0 aliphatic carbocycles. The molecule has 0 saturated carbocycles. The van der Waals surface area contributed by atoms with E-state index < -0.39 is 5.97 Å². The first-order chi connectivity index (χ1) is 14.1. The maximum atomic E-state index is 12.1. The number of rotatable bonds is 7. The molecule has 0 aliphatic rings. The zero-order valence-corrected chi connectivity index (χ0v) is 16.3. The average Bonchev–Trinajstić information content (AvgIpc) is 3.07. The van der Waals surface area contributed by atoms with Gasteiger partial charge in [0.25, 0.3) is 0 Å². The largest absolute Gasteiger partial charge is 0.482 e. The first kappa shape index (κ1) is 19.2. The van der Waals surface area contributed by atoms with Crippen molar-refractivity contribution in [3.8, 4) is 5.75 Å². The van der Waals surface area contributed by atoms with E-state index in [4.69, 9.17) is 21.1 Å². The molecule has 29 heavy (non-hydrogen) atoms. The van der Waals surface area contributed by atoms with Gasteiger partial charge in [-0.25, -0.2) is 9.78 Å². The molecule has 0 fully saturated rings. The smallest absolute Gasteiger partial charge is 0.344 e. The maximum absolute atomic E-state index is 12.1. The highest BCUT2D eigenvalue weighted by molar-refractivity contribution is 6.31. The fourth-order valence-electron chi connectivity index (χ4n) is 3.19. The van der Waals surface area contributed by atoms with Crippen molar-refractivity contribution in [1.29, 1.82) is 0 Å². The number of aliphatic hydroxyl groups is 1. The molecule has 1 heterocycles. The highest BCUT2D eigenvalue weighted by Crippen LogP contribution is 2.22. The molecule has 3 aromatic carbocycles. The molecule has 0 aliphatic heterocycles. The highest BCUT2D eigenvalue weighted by atomic mass is 35.5. The number of nitrogens with zero attached hydrogens (tertiary/aromatic N) is 2. The summed E-state index contributed by atoms with van der Waals surface area (Å²) in [7, 11) is 0. The number of carbonyl (C=O) groups excluding carboxylic acids is 1. The zero-order valence-electron chi connectivity index (χ0n) is 15.5. The van der Waals surface area contributed by atoms with E-state index in [1.165, 1.54) is 0 Å². The summed E-state index contributed by atoms with van der Waals surface area (Å²) in [5, 5.41) is 12.1. The molecule has 0 amide bonds. The van der Waals surface area contributed by atoms with Gasteiger partial charge in [-0.05, 0) is 41.1 Å². The van der Waals surface area contributed by atoms with Gasteiger partial charge in [-0.2, -0.15) is 0 Å². The van der Waals surface area contributed by atoms with E-state index in [2.05, 4.69) is 4.98 Å². The van der Waals surface area contributed by atoms with E-state index in [1.54, 1.807) is 22.8 Å². The van der Waals surface area contributed by atoms with Gasteiger partial charge in [0, 0.05) is 11.6 Å². The lowest BCUT2D eigenvalue weighted by atomic mass is 10.1. The second-order valence-corrected chi connectivity index (χ2v) is 6.93. The monoisotopic (exact) mass is 410 g/mol. The van der Waals surface area contributed by atoms with E-state index in [-0.39, 0.29) is 19.8 Å². The van der Waals surface area contributed by atoms with Crippen LogP contribution in [0.3, 0.4) is 0 Å². The number of imidazole rings is 1. The Labute approximate surface area is 172 Å². The second-order valence-electron chi connectivity index (χ2n) is 6.49. The van der Waals surface area contributed by atoms with Crippen LogP contribution >= 0.6 is 11.6 Å². The van der Waals surface area contributed by atoms with Crippen molar-refractivity contribution in [2.45, 2.75) is 13.2 Å². The molecule has 7 heteroatoms. The number of halogens is 1. The van der Waals surface area contributed by atoms with Crippen LogP contribution in [0.15, 0.2) is 60.7 Å². The number of aromatic nitrogens is 2. The van der Waals surface area contributed by atoms with Gasteiger partial charge >= 0.3 is 5.97 Å². The van der Waals surface area contributed by atoms with Gasteiger partial charge in [0.05, 0.1) is 17.6 Å². The lowest BCUT2D eigenvalue weighted by Crippen LogP contribution is -2.17. The molecule has 1 aromatic heterocycles. The summed E-state index contributed by atoms with van der Waals surface area (Å²) >= 11 is 6.06. The normalized spacial score (nSPS) is 11.1. The van der Waals surface area contributed by atoms with Crippen molar-refractivity contribution in [2.75, 3.05) is 13.2 Å². The molecule has 1 N–H and O–H groups in total. The highest BCUT2D eigenvalue weighted by Gasteiger charge is 2.13. The SMILES string of the molecule is O=C(COc1ccc2ccccc2c1)OCc1nc2ccc(Cl)cc2n1CCO. The predicted molar refractivity (Wildman–Crippen MR) is 111 cm³/mol. The van der Waals surface area contributed by atoms with E-state index in [1.807, 2.05) is 42.5 Å². The van der Waals surface area contributed by atoms with Crippen molar-refractivity contribution in [3.05, 3.63) is 71.5 Å². The van der Waals surface area contributed by atoms with Crippen LogP contribution in [0.4, 0.5) is 0 Å². The third-order valence-electron chi connectivity index (χ3n) is 4.55. The molecular weight excluding hydrogens is 392 g/mol. The van der Waals surface area contributed by atoms with Gasteiger partial charge < -0.3 is 19.1 Å². The molecule has 0 spiro atoms. The number of hydrogen-bond donors (Lipinski definition) is 1. The molecule has 4 rings (SSSR count). The van der Waals surface area contributed by atoms with E-state index in [9.17, 15) is 9.90 Å². The third kappa shape index (κ3) is 4.34. The number of carbonyl (C=O) groups is 1. The number of ether oxygens (including phenoxy) is 2. The first-order valence-corrected chi connectivity index (χ1v) is 9.54. The summed E-state index contributed by atoms with van der Waals surface area (Å²) in [6.45, 7) is 0.0396. The Bertz CT molecular complexity index is 1170. The summed E-state index contributed by atoms with van der Waals surface area (Å²) in [5.41, 5.74) is 1.51. The molecule has 0 atom stereocenters. The minimum atomic E-state index is -0.501. The zero-order chi connectivity index (χ0) is 20.2. The number of hydrogen-bond acceptors (Lipinski definition) is 5. The van der Waals surface area contributed by atoms with Crippen LogP contribution in [0.5, 0.6) is 5.75 Å². The van der Waals surface area contributed by atoms with Gasteiger partial charge in [-0.15, -0.1) is 0 Å². The molecule has 0 bridgehead atoms. The minimum absolute atomic E-state index is 0.0216. The Morgan fingerprint density at radius 3 is 2.72 bits per heavy atom. The van der Waals surface area contributed by atoms with Crippen molar-refractivity contribution < 1.29 is 19.4 Å². The van der Waals surface area contributed by atoms with Crippen LogP contribution in [0.1, 0.15) is 5.82 Å². The molecule has 0 unspecified atom stereocenters. The minimum Gasteiger partial charge on any atom is -0.482 e. The molecule has 4 aromatic rings. The summed E-state index contributed by atoms with van der Waals surface area (Å²) in [6.07, 6.45) is 0. The maximum Gasteiger partial charge on any atom is 0.344 e. The van der Waals surface area contributed by atoms with Crippen LogP contribution in [0, 0.1) is 0 Å². The van der Waals surface area contributed by atoms with Crippen LogP contribution < -0.4 is 4.74 Å². The van der Waals surface area contributed by atoms with Gasteiger partial charge in [-0.1, -0.05) is 41.9 Å². The van der Waals surface area contributed by atoms with Crippen LogP contribution in [0.25, 0.3) is 21.8 Å². The second kappa shape index (κ2) is 8.51. The fraction of sp³-hybridized carbons (Fsp3) is 0.182. The van der Waals surface area contributed by atoms with Crippen LogP contribution in [-0.4, -0.2) is 33.8 Å². The molecular formula is C22H19ClN2O4. The van der Waals surface area contributed by atoms with Crippen molar-refractivity contribution in [3.63, 3.8) is 0 Å². The lowest BCUT2D eigenvalue weighted by Gasteiger charge is -2.10. The number of fused-ring (bicyclic) bond motifs is 2. The van der Waals surface area contributed by atoms with Crippen molar-refractivity contribution in [2.24, 2.45) is 0 Å². The summed E-state index contributed by atoms with van der Waals surface area (Å²) in [6, 6.07) is 18.9. The topological polar surface area (TPSA) is 73.6 Å². The van der Waals surface area contributed by atoms with Gasteiger partial charge in [-0.3, -0.25) is 0 Å². The van der Waals surface area contributed by atoms with Crippen molar-refractivity contribution >= 4 is 39.4 Å². The number of aliphatic hydroxyl groups excluding tert-OH is 1. The van der Waals surface area contributed by atoms with Gasteiger partial charge in [0.15, 0.2) is 6.61 Å². The number of benzene rings is 3. The first-order valence-electron chi connectivity index (χ1n) is 9.17. The van der Waals surface area contributed by atoms with Crippen LogP contribution in [-0.2, 0) is 22.7 Å². The Morgan fingerprint density at radius 2 is 1.90 bits per heavy atom. The average molecular weight is 411 g/mol. The number of esters is 1. The Hall–Kier alpha value is -3.09. The lowest BCUT2D eigenvalue weighted by molar-refractivity contribution is -0.147. The predicted octanol–water partition coefficient (Wildman–Crippen LogP) is 3.96. The quantitative estimate of drug-likeness (QED) is 0.467. The molecule has 0 saturated heterocycles. The molecule has 0 radical (unpaired) electrons. The summed E-state index contributed by atoms with van der Waals surface area (Å²) in [4.78, 5) is 16.6. The Morgan fingerprint density at radius 1 is 1.07 bits per heavy atom. The fourth-order valence-corrected chi connectivity index (χ4v) is 3.36. The van der Waals surface area contributed by atoms with Crippen LogP contribution in [0.2, 0.25) is 5.02 Å². The Balaban J connectivity index is 1.40. The van der Waals surface area contributed by atoms with E-state index >= 15 is 0 Å².